The van der Waals surface area contributed by atoms with Gasteiger partial charge in [-0.3, -0.25) is 14.5 Å². The number of nitrogens with zero attached hydrogens (tertiary/aromatic N) is 5. The molecule has 0 saturated carbocycles. The van der Waals surface area contributed by atoms with Crippen LogP contribution in [0.25, 0.3) is 11.4 Å². The van der Waals surface area contributed by atoms with E-state index in [4.69, 9.17) is 4.52 Å². The van der Waals surface area contributed by atoms with Crippen molar-refractivity contribution >= 4 is 11.8 Å². The zero-order valence-corrected chi connectivity index (χ0v) is 19.3. The highest BCUT2D eigenvalue weighted by Gasteiger charge is 2.39. The highest BCUT2D eigenvalue weighted by atomic mass is 16.5. The van der Waals surface area contributed by atoms with E-state index >= 15 is 0 Å². The first-order chi connectivity index (χ1) is 15.5. The Labute approximate surface area is 189 Å². The quantitative estimate of drug-likeness (QED) is 0.660. The van der Waals surface area contributed by atoms with Crippen molar-refractivity contribution in [3.05, 3.63) is 35.7 Å². The number of rotatable bonds is 7. The van der Waals surface area contributed by atoms with Gasteiger partial charge in [0.15, 0.2) is 0 Å². The lowest BCUT2D eigenvalue weighted by atomic mass is 10.1. The molecule has 4 rings (SSSR count). The van der Waals surface area contributed by atoms with Gasteiger partial charge in [0.05, 0.1) is 12.5 Å². The molecule has 0 aliphatic carbocycles. The van der Waals surface area contributed by atoms with Crippen molar-refractivity contribution in [3.63, 3.8) is 0 Å². The van der Waals surface area contributed by atoms with Crippen molar-refractivity contribution in [2.75, 3.05) is 32.7 Å². The third kappa shape index (κ3) is 4.85. The molecule has 0 spiro atoms. The van der Waals surface area contributed by atoms with E-state index in [-0.39, 0.29) is 23.8 Å². The van der Waals surface area contributed by atoms with Crippen LogP contribution in [0.15, 0.2) is 28.8 Å². The number of likely N-dealkylation sites (tertiary alicyclic amines) is 1. The lowest BCUT2D eigenvalue weighted by Gasteiger charge is -2.35. The minimum atomic E-state index is -0.206. The molecule has 2 aliphatic heterocycles. The van der Waals surface area contributed by atoms with Crippen LogP contribution in [-0.4, -0.2) is 75.4 Å². The Morgan fingerprint density at radius 2 is 1.81 bits per heavy atom. The molecule has 32 heavy (non-hydrogen) atoms. The fourth-order valence-corrected chi connectivity index (χ4v) is 4.69. The van der Waals surface area contributed by atoms with E-state index in [0.717, 1.165) is 31.5 Å². The molecule has 2 saturated heterocycles. The standard InChI is InChI=1S/C24H33N5O3/c1-4-20(5-2)29-15-19(14-22(29)30)24(31)28-12-10-27(11-13-28)16-21-25-23(26-32-21)18-8-6-17(3)7-9-18/h6-9,19-20H,4-5,10-16H2,1-3H3. The second-order valence-electron chi connectivity index (χ2n) is 8.90. The monoisotopic (exact) mass is 439 g/mol. The number of piperazine rings is 1. The highest BCUT2D eigenvalue weighted by Crippen LogP contribution is 2.25. The van der Waals surface area contributed by atoms with Gasteiger partial charge >= 0.3 is 0 Å². The fraction of sp³-hybridized carbons (Fsp3) is 0.583. The summed E-state index contributed by atoms with van der Waals surface area (Å²) in [5.41, 5.74) is 2.13. The molecule has 8 heteroatoms. The summed E-state index contributed by atoms with van der Waals surface area (Å²) in [6, 6.07) is 8.29. The Morgan fingerprint density at radius 3 is 2.47 bits per heavy atom. The van der Waals surface area contributed by atoms with Crippen molar-refractivity contribution in [2.45, 2.75) is 52.6 Å². The van der Waals surface area contributed by atoms with Gasteiger partial charge in [0, 0.05) is 50.7 Å². The maximum atomic E-state index is 13.0. The third-order valence-electron chi connectivity index (χ3n) is 6.71. The first-order valence-electron chi connectivity index (χ1n) is 11.7. The molecule has 1 unspecified atom stereocenters. The summed E-state index contributed by atoms with van der Waals surface area (Å²) >= 11 is 0. The Bertz CT molecular complexity index is 929. The Hall–Kier alpha value is -2.74. The summed E-state index contributed by atoms with van der Waals surface area (Å²) in [5, 5.41) is 4.11. The molecular weight excluding hydrogens is 406 g/mol. The smallest absolute Gasteiger partial charge is 0.241 e. The zero-order valence-electron chi connectivity index (χ0n) is 19.3. The molecule has 1 aromatic heterocycles. The number of carbonyl (C=O) groups excluding carboxylic acids is 2. The molecule has 1 atom stereocenters. The van der Waals surface area contributed by atoms with E-state index < -0.39 is 0 Å². The molecule has 0 bridgehead atoms. The summed E-state index contributed by atoms with van der Waals surface area (Å²) in [6.45, 7) is 10.2. The first-order valence-corrected chi connectivity index (χ1v) is 11.7. The lowest BCUT2D eigenvalue weighted by Crippen LogP contribution is -2.50. The predicted octanol–water partition coefficient (Wildman–Crippen LogP) is 2.73. The maximum Gasteiger partial charge on any atom is 0.241 e. The second kappa shape index (κ2) is 9.81. The van der Waals surface area contributed by atoms with Gasteiger partial charge < -0.3 is 14.3 Å². The average molecular weight is 440 g/mol. The van der Waals surface area contributed by atoms with Crippen LogP contribution in [0.5, 0.6) is 0 Å². The SMILES string of the molecule is CCC(CC)N1CC(C(=O)N2CCN(Cc3nc(-c4ccc(C)cc4)no3)CC2)CC1=O. The zero-order chi connectivity index (χ0) is 22.7. The number of hydrogen-bond donors (Lipinski definition) is 0. The van der Waals surface area contributed by atoms with Crippen molar-refractivity contribution < 1.29 is 14.1 Å². The minimum absolute atomic E-state index is 0.117. The van der Waals surface area contributed by atoms with Crippen LogP contribution in [0.1, 0.15) is 44.6 Å². The molecule has 8 nitrogen and oxygen atoms in total. The molecule has 0 radical (unpaired) electrons. The predicted molar refractivity (Wildman–Crippen MR) is 121 cm³/mol. The van der Waals surface area contributed by atoms with Crippen LogP contribution in [0.3, 0.4) is 0 Å². The van der Waals surface area contributed by atoms with Crippen LogP contribution in [0.4, 0.5) is 0 Å². The Balaban J connectivity index is 1.28. The van der Waals surface area contributed by atoms with Crippen molar-refractivity contribution in [1.82, 2.24) is 24.8 Å². The van der Waals surface area contributed by atoms with Crippen LogP contribution in [-0.2, 0) is 16.1 Å². The molecule has 1 aromatic carbocycles. The molecule has 0 N–H and O–H groups in total. The number of aryl methyl sites for hydroxylation is 1. The summed E-state index contributed by atoms with van der Waals surface area (Å²) in [5.74, 6) is 1.22. The third-order valence-corrected chi connectivity index (χ3v) is 6.71. The van der Waals surface area contributed by atoms with Gasteiger partial charge in [0.2, 0.25) is 23.5 Å². The van der Waals surface area contributed by atoms with E-state index in [1.165, 1.54) is 5.56 Å². The molecule has 3 heterocycles. The summed E-state index contributed by atoms with van der Waals surface area (Å²) in [4.78, 5) is 36.0. The summed E-state index contributed by atoms with van der Waals surface area (Å²) < 4.78 is 5.45. The largest absolute Gasteiger partial charge is 0.340 e. The van der Waals surface area contributed by atoms with Gasteiger partial charge in [-0.05, 0) is 19.8 Å². The normalized spacial score (nSPS) is 19.9. The lowest BCUT2D eigenvalue weighted by molar-refractivity contribution is -0.137. The van der Waals surface area contributed by atoms with Gasteiger partial charge in [-0.25, -0.2) is 0 Å². The van der Waals surface area contributed by atoms with Gasteiger partial charge in [-0.2, -0.15) is 4.98 Å². The van der Waals surface area contributed by atoms with E-state index in [0.29, 0.717) is 44.3 Å². The molecule has 2 aliphatic rings. The van der Waals surface area contributed by atoms with E-state index in [2.05, 4.69) is 28.9 Å². The van der Waals surface area contributed by atoms with Crippen LogP contribution >= 0.6 is 0 Å². The highest BCUT2D eigenvalue weighted by molar-refractivity contribution is 5.89. The summed E-state index contributed by atoms with van der Waals surface area (Å²) in [7, 11) is 0. The van der Waals surface area contributed by atoms with Gasteiger partial charge in [0.1, 0.15) is 0 Å². The van der Waals surface area contributed by atoms with Gasteiger partial charge in [-0.15, -0.1) is 0 Å². The number of benzene rings is 1. The molecule has 2 aromatic rings. The van der Waals surface area contributed by atoms with Crippen LogP contribution < -0.4 is 0 Å². The number of aromatic nitrogens is 2. The van der Waals surface area contributed by atoms with Crippen molar-refractivity contribution in [1.29, 1.82) is 0 Å². The Morgan fingerprint density at radius 1 is 1.12 bits per heavy atom. The number of hydrogen-bond acceptors (Lipinski definition) is 6. The van der Waals surface area contributed by atoms with Crippen LogP contribution in [0, 0.1) is 12.8 Å². The van der Waals surface area contributed by atoms with E-state index in [1.54, 1.807) is 0 Å². The van der Waals surface area contributed by atoms with Crippen LogP contribution in [0.2, 0.25) is 0 Å². The van der Waals surface area contributed by atoms with E-state index in [9.17, 15) is 9.59 Å². The molecule has 2 amide bonds. The maximum absolute atomic E-state index is 13.0. The van der Waals surface area contributed by atoms with Gasteiger partial charge in [-0.1, -0.05) is 48.8 Å². The number of amides is 2. The molecular formula is C24H33N5O3. The topological polar surface area (TPSA) is 82.8 Å². The van der Waals surface area contributed by atoms with Crippen molar-refractivity contribution in [2.24, 2.45) is 5.92 Å². The van der Waals surface area contributed by atoms with Crippen molar-refractivity contribution in [3.8, 4) is 11.4 Å². The first kappa shape index (κ1) is 22.5. The Kier molecular flexibility index (Phi) is 6.89. The fourth-order valence-electron chi connectivity index (χ4n) is 4.69. The molecule has 2 fully saturated rings. The summed E-state index contributed by atoms with van der Waals surface area (Å²) in [6.07, 6.45) is 2.21. The average Bonchev–Trinajstić information content (AvgIpc) is 3.42. The van der Waals surface area contributed by atoms with E-state index in [1.807, 2.05) is 41.0 Å². The molecule has 172 valence electrons. The number of carbonyl (C=O) groups is 2. The van der Waals surface area contributed by atoms with Gasteiger partial charge in [0.25, 0.3) is 0 Å². The minimum Gasteiger partial charge on any atom is -0.340 e. The second-order valence-corrected chi connectivity index (χ2v) is 8.90.